The lowest BCUT2D eigenvalue weighted by Crippen LogP contribution is -2.16. The smallest absolute Gasteiger partial charge is 0.341 e. The first kappa shape index (κ1) is 20.3. The largest absolute Gasteiger partial charge is 0.462 e. The second-order valence-corrected chi connectivity index (χ2v) is 7.35. The number of ether oxygens (including phenoxy) is 1. The number of carbonyl (C=O) groups excluding carboxylic acids is 2. The fraction of sp³-hybridized carbons (Fsp3) is 0.100. The van der Waals surface area contributed by atoms with Crippen LogP contribution in [0.2, 0.25) is 10.0 Å². The van der Waals surface area contributed by atoms with Gasteiger partial charge in [0, 0.05) is 16.0 Å². The van der Waals surface area contributed by atoms with E-state index in [1.165, 1.54) is 12.1 Å². The minimum absolute atomic E-state index is 0.0235. The van der Waals surface area contributed by atoms with Crippen molar-refractivity contribution in [1.82, 2.24) is 0 Å². The van der Waals surface area contributed by atoms with Crippen molar-refractivity contribution in [3.63, 3.8) is 0 Å². The molecule has 28 heavy (non-hydrogen) atoms. The van der Waals surface area contributed by atoms with Crippen LogP contribution in [0.5, 0.6) is 0 Å². The zero-order valence-electron chi connectivity index (χ0n) is 14.6. The van der Waals surface area contributed by atoms with E-state index in [0.717, 1.165) is 23.0 Å². The van der Waals surface area contributed by atoms with Crippen LogP contribution in [0.4, 0.5) is 9.39 Å². The molecule has 0 unspecified atom stereocenters. The molecule has 0 saturated heterocycles. The molecule has 0 aliphatic rings. The summed E-state index contributed by atoms with van der Waals surface area (Å²) >= 11 is 13.0. The zero-order valence-corrected chi connectivity index (χ0v) is 16.9. The number of esters is 1. The molecule has 0 aliphatic heterocycles. The SMILES string of the molecule is CCOC(=O)c1c(-c2ccc(Cl)cc2)csc1NC(=O)c1c(F)cccc1Cl. The molecule has 0 saturated carbocycles. The second-order valence-electron chi connectivity index (χ2n) is 5.63. The Balaban J connectivity index is 2.02. The van der Waals surface area contributed by atoms with Crippen molar-refractivity contribution < 1.29 is 18.7 Å². The van der Waals surface area contributed by atoms with Crippen molar-refractivity contribution in [2.45, 2.75) is 6.92 Å². The summed E-state index contributed by atoms with van der Waals surface area (Å²) in [6, 6.07) is 10.9. The Morgan fingerprint density at radius 2 is 1.82 bits per heavy atom. The third-order valence-corrected chi connectivity index (χ3v) is 5.31. The van der Waals surface area contributed by atoms with E-state index in [4.69, 9.17) is 27.9 Å². The Labute approximate surface area is 174 Å². The summed E-state index contributed by atoms with van der Waals surface area (Å²) in [5.74, 6) is -2.10. The average Bonchev–Trinajstić information content (AvgIpc) is 3.06. The molecule has 1 N–H and O–H groups in total. The standard InChI is InChI=1S/C20H14Cl2FNO3S/c1-2-27-20(26)16-13(11-6-8-12(21)9-7-11)10-28-19(16)24-18(25)17-14(22)4-3-5-15(17)23/h3-10H,2H2,1H3,(H,24,25). The van der Waals surface area contributed by atoms with Crippen LogP contribution in [-0.2, 0) is 4.74 Å². The molecule has 0 radical (unpaired) electrons. The zero-order chi connectivity index (χ0) is 20.3. The van der Waals surface area contributed by atoms with E-state index in [-0.39, 0.29) is 27.8 Å². The Morgan fingerprint density at radius 1 is 1.11 bits per heavy atom. The van der Waals surface area contributed by atoms with Crippen molar-refractivity contribution in [2.24, 2.45) is 0 Å². The maximum Gasteiger partial charge on any atom is 0.341 e. The van der Waals surface area contributed by atoms with Gasteiger partial charge in [0.15, 0.2) is 0 Å². The number of carbonyl (C=O) groups is 2. The van der Waals surface area contributed by atoms with Gasteiger partial charge in [-0.1, -0.05) is 41.4 Å². The summed E-state index contributed by atoms with van der Waals surface area (Å²) in [5, 5.41) is 5.07. The van der Waals surface area contributed by atoms with Gasteiger partial charge in [0.05, 0.1) is 17.2 Å². The molecular weight excluding hydrogens is 424 g/mol. The Kier molecular flexibility index (Phi) is 6.34. The van der Waals surface area contributed by atoms with Gasteiger partial charge in [0.25, 0.3) is 5.91 Å². The summed E-state index contributed by atoms with van der Waals surface area (Å²) in [4.78, 5) is 25.1. The van der Waals surface area contributed by atoms with E-state index >= 15 is 0 Å². The van der Waals surface area contributed by atoms with Crippen LogP contribution in [0.1, 0.15) is 27.6 Å². The highest BCUT2D eigenvalue weighted by molar-refractivity contribution is 7.15. The molecule has 8 heteroatoms. The minimum Gasteiger partial charge on any atom is -0.462 e. The van der Waals surface area contributed by atoms with Crippen molar-refractivity contribution in [2.75, 3.05) is 11.9 Å². The van der Waals surface area contributed by atoms with Gasteiger partial charge in [-0.05, 0) is 36.8 Å². The number of anilines is 1. The van der Waals surface area contributed by atoms with E-state index in [0.29, 0.717) is 10.6 Å². The fourth-order valence-corrected chi connectivity index (χ4v) is 3.91. The molecule has 2 aromatic carbocycles. The first-order chi connectivity index (χ1) is 13.4. The van der Waals surface area contributed by atoms with E-state index in [1.54, 1.807) is 36.6 Å². The quantitative estimate of drug-likeness (QED) is 0.477. The maximum atomic E-state index is 14.0. The number of nitrogens with one attached hydrogen (secondary N) is 1. The molecule has 3 rings (SSSR count). The number of thiophene rings is 1. The number of rotatable bonds is 5. The van der Waals surface area contributed by atoms with E-state index in [9.17, 15) is 14.0 Å². The number of halogens is 3. The van der Waals surface area contributed by atoms with Gasteiger partial charge in [-0.3, -0.25) is 4.79 Å². The number of hydrogen-bond acceptors (Lipinski definition) is 4. The summed E-state index contributed by atoms with van der Waals surface area (Å²) in [7, 11) is 0. The van der Waals surface area contributed by atoms with Gasteiger partial charge in [0.1, 0.15) is 16.4 Å². The molecule has 0 atom stereocenters. The van der Waals surface area contributed by atoms with Gasteiger partial charge < -0.3 is 10.1 Å². The lowest BCUT2D eigenvalue weighted by Gasteiger charge is -2.10. The molecule has 3 aromatic rings. The maximum absolute atomic E-state index is 14.0. The van der Waals surface area contributed by atoms with Crippen LogP contribution in [-0.4, -0.2) is 18.5 Å². The Bertz CT molecular complexity index is 1010. The molecule has 4 nitrogen and oxygen atoms in total. The molecule has 1 heterocycles. The average molecular weight is 438 g/mol. The number of amides is 1. The summed E-state index contributed by atoms with van der Waals surface area (Å²) in [6.07, 6.45) is 0. The van der Waals surface area contributed by atoms with Gasteiger partial charge in [0.2, 0.25) is 0 Å². The summed E-state index contributed by atoms with van der Waals surface area (Å²) in [5.41, 5.74) is 1.21. The van der Waals surface area contributed by atoms with Crippen molar-refractivity contribution >= 4 is 51.4 Å². The monoisotopic (exact) mass is 437 g/mol. The molecule has 1 amide bonds. The van der Waals surface area contributed by atoms with Crippen LogP contribution in [0.25, 0.3) is 11.1 Å². The van der Waals surface area contributed by atoms with Crippen LogP contribution < -0.4 is 5.32 Å². The second kappa shape index (κ2) is 8.73. The Morgan fingerprint density at radius 3 is 2.46 bits per heavy atom. The van der Waals surface area contributed by atoms with Gasteiger partial charge in [-0.25, -0.2) is 9.18 Å². The normalized spacial score (nSPS) is 10.6. The van der Waals surface area contributed by atoms with Crippen LogP contribution in [0, 0.1) is 5.82 Å². The van der Waals surface area contributed by atoms with Crippen molar-refractivity contribution in [1.29, 1.82) is 0 Å². The van der Waals surface area contributed by atoms with Crippen LogP contribution >= 0.6 is 34.5 Å². The molecular formula is C20H14Cl2FNO3S. The topological polar surface area (TPSA) is 55.4 Å². The lowest BCUT2D eigenvalue weighted by molar-refractivity contribution is 0.0529. The van der Waals surface area contributed by atoms with E-state index in [1.807, 2.05) is 0 Å². The fourth-order valence-electron chi connectivity index (χ4n) is 2.58. The molecule has 0 bridgehead atoms. The molecule has 1 aromatic heterocycles. The van der Waals surface area contributed by atoms with E-state index < -0.39 is 17.7 Å². The Hall–Kier alpha value is -2.41. The molecule has 0 spiro atoms. The molecule has 144 valence electrons. The third kappa shape index (κ3) is 4.19. The predicted octanol–water partition coefficient (Wildman–Crippen LogP) is 6.29. The van der Waals surface area contributed by atoms with Crippen molar-refractivity contribution in [3.05, 3.63) is 74.8 Å². The predicted molar refractivity (Wildman–Crippen MR) is 110 cm³/mol. The van der Waals surface area contributed by atoms with Gasteiger partial charge >= 0.3 is 5.97 Å². The number of hydrogen-bond donors (Lipinski definition) is 1. The first-order valence-corrected chi connectivity index (χ1v) is 9.85. The lowest BCUT2D eigenvalue weighted by atomic mass is 10.0. The number of benzene rings is 2. The van der Waals surface area contributed by atoms with Gasteiger partial charge in [-0.2, -0.15) is 0 Å². The summed E-state index contributed by atoms with van der Waals surface area (Å²) in [6.45, 7) is 1.85. The highest BCUT2D eigenvalue weighted by atomic mass is 35.5. The van der Waals surface area contributed by atoms with Crippen LogP contribution in [0.3, 0.4) is 0 Å². The van der Waals surface area contributed by atoms with Gasteiger partial charge in [-0.15, -0.1) is 11.3 Å². The van der Waals surface area contributed by atoms with Crippen LogP contribution in [0.15, 0.2) is 47.8 Å². The van der Waals surface area contributed by atoms with E-state index in [2.05, 4.69) is 5.32 Å². The van der Waals surface area contributed by atoms with Crippen molar-refractivity contribution in [3.8, 4) is 11.1 Å². The minimum atomic E-state index is -0.753. The summed E-state index contributed by atoms with van der Waals surface area (Å²) < 4.78 is 19.2. The molecule has 0 fully saturated rings. The molecule has 0 aliphatic carbocycles. The highest BCUT2D eigenvalue weighted by Crippen LogP contribution is 2.37. The third-order valence-electron chi connectivity index (χ3n) is 3.84. The first-order valence-electron chi connectivity index (χ1n) is 8.22. The highest BCUT2D eigenvalue weighted by Gasteiger charge is 2.24.